The summed E-state index contributed by atoms with van der Waals surface area (Å²) in [5.41, 5.74) is 10.7. The molecule has 0 saturated carbocycles. The molecule has 21 heavy (non-hydrogen) atoms. The minimum atomic E-state index is 0.0257. The molecule has 3 rings (SSSR count). The molecule has 0 spiro atoms. The van der Waals surface area contributed by atoms with Crippen LogP contribution >= 0.6 is 23.1 Å². The molecule has 1 unspecified atom stereocenters. The first-order valence-electron chi connectivity index (χ1n) is 7.67. The van der Waals surface area contributed by atoms with Crippen LogP contribution in [0.15, 0.2) is 30.3 Å². The first-order chi connectivity index (χ1) is 10.1. The Labute approximate surface area is 136 Å². The summed E-state index contributed by atoms with van der Waals surface area (Å²) in [6, 6.07) is 11.2. The lowest BCUT2D eigenvalue weighted by atomic mass is 9.98. The lowest BCUT2D eigenvalue weighted by Crippen LogP contribution is -2.10. The zero-order valence-electron chi connectivity index (χ0n) is 12.8. The van der Waals surface area contributed by atoms with E-state index in [2.05, 4.69) is 44.2 Å². The van der Waals surface area contributed by atoms with E-state index in [1.807, 2.05) is 23.1 Å². The average Bonchev–Trinajstić information content (AvgIpc) is 2.90. The maximum absolute atomic E-state index is 6.53. The minimum absolute atomic E-state index is 0.0257. The van der Waals surface area contributed by atoms with Crippen LogP contribution < -0.4 is 5.73 Å². The quantitative estimate of drug-likeness (QED) is 0.878. The molecule has 1 aliphatic heterocycles. The van der Waals surface area contributed by atoms with Crippen molar-refractivity contribution in [3.8, 4) is 0 Å². The fourth-order valence-corrected chi connectivity index (χ4v) is 5.28. The van der Waals surface area contributed by atoms with Crippen molar-refractivity contribution in [2.24, 2.45) is 11.7 Å². The monoisotopic (exact) mass is 317 g/mol. The molecule has 1 aliphatic rings. The third kappa shape index (κ3) is 3.53. The minimum Gasteiger partial charge on any atom is -0.320 e. The molecule has 0 fully saturated rings. The second kappa shape index (κ2) is 6.55. The molecule has 0 saturated heterocycles. The Morgan fingerprint density at radius 2 is 2.10 bits per heavy atom. The summed E-state index contributed by atoms with van der Waals surface area (Å²) in [5.74, 6) is 3.10. The van der Waals surface area contributed by atoms with Crippen molar-refractivity contribution in [1.29, 1.82) is 0 Å². The maximum Gasteiger partial charge on any atom is 0.0646 e. The van der Waals surface area contributed by atoms with Gasteiger partial charge in [0.25, 0.3) is 0 Å². The molecule has 2 aromatic rings. The molecular formula is C18H23NS2. The summed E-state index contributed by atoms with van der Waals surface area (Å²) in [6.07, 6.45) is 2.34. The largest absolute Gasteiger partial charge is 0.320 e. The second-order valence-electron chi connectivity index (χ2n) is 6.22. The van der Waals surface area contributed by atoms with Crippen LogP contribution in [-0.4, -0.2) is 5.75 Å². The zero-order chi connectivity index (χ0) is 14.8. The first-order valence-corrected chi connectivity index (χ1v) is 9.64. The van der Waals surface area contributed by atoms with Crippen LogP contribution in [0.3, 0.4) is 0 Å². The zero-order valence-corrected chi connectivity index (χ0v) is 14.4. The van der Waals surface area contributed by atoms with Crippen molar-refractivity contribution in [3.05, 3.63) is 56.8 Å². The van der Waals surface area contributed by atoms with Gasteiger partial charge in [0.05, 0.1) is 6.04 Å². The Bertz CT molecular complexity index is 592. The average molecular weight is 318 g/mol. The molecule has 112 valence electrons. The number of hydrogen-bond acceptors (Lipinski definition) is 3. The van der Waals surface area contributed by atoms with Gasteiger partial charge in [-0.1, -0.05) is 38.1 Å². The number of hydrogen-bond donors (Lipinski definition) is 1. The van der Waals surface area contributed by atoms with Gasteiger partial charge in [-0.2, -0.15) is 11.8 Å². The summed E-state index contributed by atoms with van der Waals surface area (Å²) >= 11 is 3.95. The van der Waals surface area contributed by atoms with Gasteiger partial charge in [0.1, 0.15) is 0 Å². The van der Waals surface area contributed by atoms with E-state index in [0.29, 0.717) is 5.92 Å². The number of thiophene rings is 1. The van der Waals surface area contributed by atoms with Gasteiger partial charge < -0.3 is 5.73 Å². The van der Waals surface area contributed by atoms with Crippen LogP contribution in [0.25, 0.3) is 0 Å². The highest BCUT2D eigenvalue weighted by molar-refractivity contribution is 7.98. The number of aryl methyl sites for hydroxylation is 1. The topological polar surface area (TPSA) is 26.0 Å². The molecule has 0 aliphatic carbocycles. The van der Waals surface area contributed by atoms with Gasteiger partial charge in [-0.25, -0.2) is 0 Å². The molecule has 3 heteroatoms. The lowest BCUT2D eigenvalue weighted by molar-refractivity contribution is 0.646. The SMILES string of the molecule is CC(C)Cc1cccc(C(N)c2cc3c(s2)CCSC3)c1. The standard InChI is InChI=1S/C18H23NS2/c1-12(2)8-13-4-3-5-14(9-13)18(19)17-10-15-11-20-7-6-16(15)21-17/h3-5,9-10,12,18H,6-8,11,19H2,1-2H3. The molecule has 0 amide bonds. The number of nitrogens with two attached hydrogens (primary N) is 1. The maximum atomic E-state index is 6.53. The highest BCUT2D eigenvalue weighted by atomic mass is 32.2. The van der Waals surface area contributed by atoms with E-state index in [1.165, 1.54) is 33.7 Å². The third-order valence-corrected chi connectivity index (χ3v) is 6.24. The summed E-state index contributed by atoms with van der Waals surface area (Å²) in [5, 5.41) is 0. The van der Waals surface area contributed by atoms with Gasteiger partial charge >= 0.3 is 0 Å². The predicted octanol–water partition coefficient (Wildman–Crippen LogP) is 4.78. The number of fused-ring (bicyclic) bond motifs is 1. The lowest BCUT2D eigenvalue weighted by Gasteiger charge is -2.12. The molecule has 2 heterocycles. The highest BCUT2D eigenvalue weighted by Crippen LogP contribution is 2.35. The van der Waals surface area contributed by atoms with Crippen LogP contribution in [0.5, 0.6) is 0 Å². The summed E-state index contributed by atoms with van der Waals surface area (Å²) in [6.45, 7) is 4.52. The van der Waals surface area contributed by atoms with E-state index in [4.69, 9.17) is 5.73 Å². The fourth-order valence-electron chi connectivity index (χ4n) is 2.87. The van der Waals surface area contributed by atoms with Crippen LogP contribution in [0.2, 0.25) is 0 Å². The summed E-state index contributed by atoms with van der Waals surface area (Å²) in [4.78, 5) is 2.88. The van der Waals surface area contributed by atoms with Crippen LogP contribution in [0.4, 0.5) is 0 Å². The van der Waals surface area contributed by atoms with E-state index in [0.717, 1.165) is 12.2 Å². The normalized spacial score (nSPS) is 16.0. The Balaban J connectivity index is 1.84. The molecule has 1 nitrogen and oxygen atoms in total. The van der Waals surface area contributed by atoms with Crippen molar-refractivity contribution >= 4 is 23.1 Å². The third-order valence-electron chi connectivity index (χ3n) is 3.91. The van der Waals surface area contributed by atoms with Crippen LogP contribution in [0, 0.1) is 5.92 Å². The van der Waals surface area contributed by atoms with E-state index in [9.17, 15) is 0 Å². The predicted molar refractivity (Wildman–Crippen MR) is 95.2 cm³/mol. The number of benzene rings is 1. The van der Waals surface area contributed by atoms with E-state index in [1.54, 1.807) is 4.88 Å². The molecule has 2 N–H and O–H groups in total. The summed E-state index contributed by atoms with van der Waals surface area (Å²) < 4.78 is 0. The van der Waals surface area contributed by atoms with Gasteiger partial charge in [0.2, 0.25) is 0 Å². The van der Waals surface area contributed by atoms with Crippen molar-refractivity contribution < 1.29 is 0 Å². The molecule has 1 aromatic carbocycles. The Morgan fingerprint density at radius 3 is 2.86 bits per heavy atom. The van der Waals surface area contributed by atoms with Crippen molar-refractivity contribution in [3.63, 3.8) is 0 Å². The number of rotatable bonds is 4. The fraction of sp³-hybridized carbons (Fsp3) is 0.444. The van der Waals surface area contributed by atoms with E-state index >= 15 is 0 Å². The Hall–Kier alpha value is -0.770. The molecule has 0 radical (unpaired) electrons. The molecule has 1 atom stereocenters. The Morgan fingerprint density at radius 1 is 1.24 bits per heavy atom. The smallest absolute Gasteiger partial charge is 0.0646 e. The van der Waals surface area contributed by atoms with E-state index < -0.39 is 0 Å². The molecular weight excluding hydrogens is 294 g/mol. The van der Waals surface area contributed by atoms with Gasteiger partial charge in [-0.3, -0.25) is 0 Å². The molecule has 0 bridgehead atoms. The van der Waals surface area contributed by atoms with E-state index in [-0.39, 0.29) is 6.04 Å². The second-order valence-corrected chi connectivity index (χ2v) is 8.49. The summed E-state index contributed by atoms with van der Waals surface area (Å²) in [7, 11) is 0. The van der Waals surface area contributed by atoms with Gasteiger partial charge in [-0.05, 0) is 47.3 Å². The highest BCUT2D eigenvalue weighted by Gasteiger charge is 2.18. The van der Waals surface area contributed by atoms with Crippen molar-refractivity contribution in [1.82, 2.24) is 0 Å². The Kier molecular flexibility index (Phi) is 4.72. The first kappa shape index (κ1) is 15.1. The number of thioether (sulfide) groups is 1. The van der Waals surface area contributed by atoms with Gasteiger partial charge in [0, 0.05) is 15.5 Å². The van der Waals surface area contributed by atoms with Gasteiger partial charge in [-0.15, -0.1) is 11.3 Å². The van der Waals surface area contributed by atoms with Crippen molar-refractivity contribution in [2.75, 3.05) is 5.75 Å². The molecule has 1 aromatic heterocycles. The van der Waals surface area contributed by atoms with Crippen molar-refractivity contribution in [2.45, 2.75) is 38.5 Å². The van der Waals surface area contributed by atoms with Gasteiger partial charge in [0.15, 0.2) is 0 Å². The van der Waals surface area contributed by atoms with Crippen LogP contribution in [-0.2, 0) is 18.6 Å². The van der Waals surface area contributed by atoms with Crippen LogP contribution in [0.1, 0.15) is 46.3 Å².